The van der Waals surface area contributed by atoms with Crippen LogP contribution in [0.5, 0.6) is 5.75 Å². The van der Waals surface area contributed by atoms with Crippen LogP contribution in [-0.2, 0) is 43.2 Å². The van der Waals surface area contributed by atoms with Crippen LogP contribution in [0.3, 0.4) is 0 Å². The molecule has 1 saturated heterocycles. The number of fused-ring (bicyclic) bond motifs is 6. The Morgan fingerprint density at radius 3 is 2.63 bits per heavy atom. The van der Waals surface area contributed by atoms with Crippen LogP contribution in [0.1, 0.15) is 68.1 Å². The summed E-state index contributed by atoms with van der Waals surface area (Å²) in [5.41, 5.74) is -0.345. The van der Waals surface area contributed by atoms with Crippen molar-refractivity contribution in [2.75, 3.05) is 52.3 Å². The minimum absolute atomic E-state index is 0.104. The summed E-state index contributed by atoms with van der Waals surface area (Å²) < 4.78 is 58.6. The lowest BCUT2D eigenvalue weighted by atomic mass is 9.67. The van der Waals surface area contributed by atoms with E-state index in [1.165, 1.54) is 25.1 Å². The molecule has 49 heavy (non-hydrogen) atoms. The molecule has 13 heteroatoms. The first-order valence-electron chi connectivity index (χ1n) is 17.4. The topological polar surface area (TPSA) is 108 Å². The van der Waals surface area contributed by atoms with E-state index in [4.69, 9.17) is 21.1 Å². The van der Waals surface area contributed by atoms with Crippen LogP contribution in [0, 0.1) is 17.8 Å². The van der Waals surface area contributed by atoms with Crippen molar-refractivity contribution in [1.82, 2.24) is 13.9 Å². The van der Waals surface area contributed by atoms with Crippen molar-refractivity contribution < 1.29 is 31.9 Å². The molecule has 2 fully saturated rings. The Labute approximate surface area is 294 Å². The highest BCUT2D eigenvalue weighted by Crippen LogP contribution is 2.45. The lowest BCUT2D eigenvalue weighted by Gasteiger charge is -2.47. The third kappa shape index (κ3) is 7.87. The van der Waals surface area contributed by atoms with Crippen molar-refractivity contribution in [3.8, 4) is 5.75 Å². The monoisotopic (exact) mass is 718 g/mol. The Kier molecular flexibility index (Phi) is 10.8. The maximum Gasteiger partial charge on any atom is 0.303 e. The first-order chi connectivity index (χ1) is 23.3. The van der Waals surface area contributed by atoms with Crippen LogP contribution in [0.4, 0.5) is 10.1 Å². The van der Waals surface area contributed by atoms with Gasteiger partial charge in [-0.1, -0.05) is 23.7 Å². The number of ether oxygens (including phenoxy) is 2. The number of alkyl halides is 1. The summed E-state index contributed by atoms with van der Waals surface area (Å²) in [5.74, 6) is -0.353. The average molecular weight is 719 g/mol. The largest absolute Gasteiger partial charge is 0.487 e. The van der Waals surface area contributed by atoms with E-state index in [0.29, 0.717) is 60.5 Å². The number of carbonyl (C=O) groups is 2. The van der Waals surface area contributed by atoms with E-state index in [-0.39, 0.29) is 18.3 Å². The van der Waals surface area contributed by atoms with Crippen molar-refractivity contribution in [3.63, 3.8) is 0 Å². The molecule has 5 atom stereocenters. The lowest BCUT2D eigenvalue weighted by Crippen LogP contribution is -2.50. The molecule has 268 valence electrons. The molecule has 0 unspecified atom stereocenters. The Balaban J connectivity index is 1.45. The van der Waals surface area contributed by atoms with Crippen LogP contribution in [-0.4, -0.2) is 82.9 Å². The SMILES string of the molecule is CN1CC[C@@H]2CCO[C@@H](C2)[C@@H]2CC[C@H]2CN2CCCCc3cc(Cl)ccc3COc3ccc(cc32)[C@](F)(C(=O)NS(=O)(=O)N(C)C)CC1=O. The van der Waals surface area contributed by atoms with Crippen molar-refractivity contribution in [1.29, 1.82) is 0 Å². The van der Waals surface area contributed by atoms with Crippen LogP contribution < -0.4 is 14.4 Å². The number of benzene rings is 2. The fourth-order valence-electron chi connectivity index (χ4n) is 7.69. The van der Waals surface area contributed by atoms with Gasteiger partial charge in [-0.2, -0.15) is 12.7 Å². The number of aryl methyl sites for hydroxylation is 1. The molecule has 2 aromatic carbocycles. The molecule has 6 rings (SSSR count). The van der Waals surface area contributed by atoms with E-state index < -0.39 is 34.1 Å². The molecule has 1 N–H and O–H groups in total. The van der Waals surface area contributed by atoms with Gasteiger partial charge in [0, 0.05) is 58.0 Å². The van der Waals surface area contributed by atoms with Crippen molar-refractivity contribution >= 4 is 39.3 Å². The standard InChI is InChI=1S/C36H48ClFN4O6S/c1-40(2)49(45,46)39-35(44)36(38)21-34(43)41(3)16-13-24-14-17-47-33(18-24)30-11-8-26(30)22-42-15-5-4-6-25-19-29(37)10-7-27(25)23-48-32-12-9-28(36)20-31(32)42/h7,9-10,12,19-20,24,26,30,33H,4-6,8,11,13-18,21-23H2,1-3H3,(H,39,44)/t24-,26+,30-,33+,36+/m1/s1. The van der Waals surface area contributed by atoms with E-state index in [1.54, 1.807) is 19.2 Å². The van der Waals surface area contributed by atoms with Gasteiger partial charge in [0.05, 0.1) is 18.2 Å². The highest BCUT2D eigenvalue weighted by molar-refractivity contribution is 7.87. The Bertz CT molecular complexity index is 1660. The summed E-state index contributed by atoms with van der Waals surface area (Å²) in [6.07, 6.45) is 6.61. The zero-order valence-electron chi connectivity index (χ0n) is 28.6. The predicted molar refractivity (Wildman–Crippen MR) is 186 cm³/mol. The molecular weight excluding hydrogens is 671 g/mol. The number of nitrogens with zero attached hydrogens (tertiary/aromatic N) is 3. The number of nitrogens with one attached hydrogen (secondary N) is 1. The van der Waals surface area contributed by atoms with Gasteiger partial charge in [0.1, 0.15) is 12.4 Å². The number of halogens is 2. The number of rotatable bonds is 3. The first-order valence-corrected chi connectivity index (χ1v) is 19.2. The quantitative estimate of drug-likeness (QED) is 0.464. The summed E-state index contributed by atoms with van der Waals surface area (Å²) in [7, 11) is -0.254. The zero-order valence-corrected chi connectivity index (χ0v) is 30.2. The summed E-state index contributed by atoms with van der Waals surface area (Å²) in [6, 6.07) is 10.4. The van der Waals surface area contributed by atoms with E-state index in [9.17, 15) is 18.0 Å². The van der Waals surface area contributed by atoms with E-state index in [1.807, 2.05) is 22.9 Å². The second-order valence-corrected chi connectivity index (χ2v) is 16.7. The fourth-order valence-corrected chi connectivity index (χ4v) is 8.46. The fraction of sp³-hybridized carbons (Fsp3) is 0.611. The molecule has 2 amide bonds. The van der Waals surface area contributed by atoms with Crippen LogP contribution in [0.2, 0.25) is 5.02 Å². The van der Waals surface area contributed by atoms with Gasteiger partial charge in [0.2, 0.25) is 11.6 Å². The minimum Gasteiger partial charge on any atom is -0.487 e. The smallest absolute Gasteiger partial charge is 0.303 e. The molecular formula is C36H48ClFN4O6S. The molecule has 0 radical (unpaired) electrons. The molecule has 4 aliphatic rings. The van der Waals surface area contributed by atoms with Gasteiger partial charge in [0.25, 0.3) is 5.91 Å². The third-order valence-corrected chi connectivity index (χ3v) is 12.7. The van der Waals surface area contributed by atoms with Gasteiger partial charge in [-0.25, -0.2) is 9.11 Å². The van der Waals surface area contributed by atoms with Crippen LogP contribution in [0.15, 0.2) is 36.4 Å². The summed E-state index contributed by atoms with van der Waals surface area (Å²) in [5, 5.41) is 0.668. The lowest BCUT2D eigenvalue weighted by molar-refractivity contribution is -0.142. The Morgan fingerprint density at radius 1 is 1.06 bits per heavy atom. The number of amides is 2. The van der Waals surface area contributed by atoms with Gasteiger partial charge in [0.15, 0.2) is 0 Å². The maximum absolute atomic E-state index is 17.6. The number of hydrogen-bond acceptors (Lipinski definition) is 7. The normalized spacial score (nSPS) is 28.3. The number of carbonyl (C=O) groups excluding carboxylic acids is 2. The van der Waals surface area contributed by atoms with Crippen molar-refractivity contribution in [2.24, 2.45) is 17.8 Å². The molecule has 10 nitrogen and oxygen atoms in total. The Hall–Kier alpha value is -2.93. The highest BCUT2D eigenvalue weighted by Gasteiger charge is 2.47. The molecule has 3 aliphatic heterocycles. The van der Waals surface area contributed by atoms with E-state index in [0.717, 1.165) is 66.8 Å². The first kappa shape index (κ1) is 35.9. The molecule has 2 aromatic rings. The second-order valence-electron chi connectivity index (χ2n) is 14.4. The zero-order chi connectivity index (χ0) is 34.9. The molecule has 3 heterocycles. The summed E-state index contributed by atoms with van der Waals surface area (Å²) in [4.78, 5) is 31.1. The third-order valence-electron chi connectivity index (χ3n) is 11.0. The molecule has 1 aliphatic carbocycles. The minimum atomic E-state index is -4.35. The van der Waals surface area contributed by atoms with Crippen LogP contribution >= 0.6 is 11.6 Å². The van der Waals surface area contributed by atoms with Gasteiger partial charge in [-0.3, -0.25) is 9.59 Å². The highest BCUT2D eigenvalue weighted by atomic mass is 35.5. The number of hydrogen-bond donors (Lipinski definition) is 1. The number of anilines is 1. The van der Waals surface area contributed by atoms with Gasteiger partial charge < -0.3 is 19.3 Å². The van der Waals surface area contributed by atoms with E-state index in [2.05, 4.69) is 4.90 Å². The Morgan fingerprint density at radius 2 is 1.88 bits per heavy atom. The van der Waals surface area contributed by atoms with Gasteiger partial charge in [-0.15, -0.1) is 0 Å². The maximum atomic E-state index is 17.6. The average Bonchev–Trinajstić information content (AvgIpc) is 3.08. The van der Waals surface area contributed by atoms with Crippen molar-refractivity contribution in [2.45, 2.75) is 76.2 Å². The van der Waals surface area contributed by atoms with Crippen molar-refractivity contribution in [3.05, 3.63) is 58.1 Å². The predicted octanol–water partition coefficient (Wildman–Crippen LogP) is 5.22. The molecule has 0 aromatic heterocycles. The van der Waals surface area contributed by atoms with Crippen LogP contribution in [0.25, 0.3) is 0 Å². The van der Waals surface area contributed by atoms with Gasteiger partial charge >= 0.3 is 10.2 Å². The summed E-state index contributed by atoms with van der Waals surface area (Å²) in [6.45, 7) is 2.71. The molecule has 0 spiro atoms. The van der Waals surface area contributed by atoms with Gasteiger partial charge in [-0.05, 0) is 105 Å². The summed E-state index contributed by atoms with van der Waals surface area (Å²) >= 11 is 6.35. The van der Waals surface area contributed by atoms with E-state index >= 15 is 4.39 Å². The molecule has 1 saturated carbocycles. The molecule has 4 bridgehead atoms. The second kappa shape index (κ2) is 14.7.